The van der Waals surface area contributed by atoms with E-state index in [0.717, 1.165) is 59.5 Å². The highest BCUT2D eigenvalue weighted by Gasteiger charge is 2.25. The summed E-state index contributed by atoms with van der Waals surface area (Å²) in [7, 11) is 1.63. The van der Waals surface area contributed by atoms with Gasteiger partial charge < -0.3 is 18.8 Å². The van der Waals surface area contributed by atoms with Crippen LogP contribution in [0.15, 0.2) is 47.1 Å². The maximum Gasteiger partial charge on any atom is 0.227 e. The van der Waals surface area contributed by atoms with Crippen LogP contribution in [0.1, 0.15) is 29.5 Å². The minimum atomic E-state index is 0.133. The Morgan fingerprint density at radius 1 is 1.14 bits per heavy atom. The molecule has 1 aliphatic rings. The SMILES string of the molecule is COc1ccc2c(CC(=O)N3CCC(Oc4cc(C)ccc4C)CC3)coc2c1. The molecule has 1 amide bonds. The summed E-state index contributed by atoms with van der Waals surface area (Å²) in [5.74, 6) is 1.83. The number of likely N-dealkylation sites (tertiary alicyclic amines) is 1. The lowest BCUT2D eigenvalue weighted by molar-refractivity contribution is -0.132. The van der Waals surface area contributed by atoms with E-state index in [0.29, 0.717) is 6.42 Å². The summed E-state index contributed by atoms with van der Waals surface area (Å²) in [5.41, 5.74) is 4.01. The second-order valence-electron chi connectivity index (χ2n) is 7.77. The van der Waals surface area contributed by atoms with Gasteiger partial charge in [-0.05, 0) is 43.2 Å². The number of carbonyl (C=O) groups excluding carboxylic acids is 1. The van der Waals surface area contributed by atoms with Gasteiger partial charge in [0.2, 0.25) is 5.91 Å². The first-order valence-corrected chi connectivity index (χ1v) is 10.1. The lowest BCUT2D eigenvalue weighted by atomic mass is 10.0. The molecule has 5 heteroatoms. The summed E-state index contributed by atoms with van der Waals surface area (Å²) in [6.45, 7) is 5.58. The Morgan fingerprint density at radius 2 is 1.93 bits per heavy atom. The zero-order valence-corrected chi connectivity index (χ0v) is 17.2. The molecule has 2 heterocycles. The molecule has 1 aromatic heterocycles. The molecule has 1 saturated heterocycles. The molecule has 0 radical (unpaired) electrons. The molecule has 152 valence electrons. The minimum Gasteiger partial charge on any atom is -0.497 e. The van der Waals surface area contributed by atoms with Crippen molar-refractivity contribution in [2.24, 2.45) is 0 Å². The number of methoxy groups -OCH3 is 1. The van der Waals surface area contributed by atoms with E-state index in [-0.39, 0.29) is 12.0 Å². The third-order valence-corrected chi connectivity index (χ3v) is 5.64. The van der Waals surface area contributed by atoms with Gasteiger partial charge >= 0.3 is 0 Å². The fourth-order valence-corrected chi connectivity index (χ4v) is 3.84. The smallest absolute Gasteiger partial charge is 0.227 e. The standard InChI is InChI=1S/C24H27NO4/c1-16-4-5-17(2)22(12-16)29-19-8-10-25(11-9-19)24(26)13-18-15-28-23-14-20(27-3)6-7-21(18)23/h4-7,12,14-15,19H,8-11,13H2,1-3H3. The fourth-order valence-electron chi connectivity index (χ4n) is 3.84. The second kappa shape index (κ2) is 8.19. The first-order valence-electron chi connectivity index (χ1n) is 10.1. The molecule has 0 bridgehead atoms. The van der Waals surface area contributed by atoms with E-state index in [1.165, 1.54) is 5.56 Å². The van der Waals surface area contributed by atoms with Crippen LogP contribution in [0.3, 0.4) is 0 Å². The van der Waals surface area contributed by atoms with Crippen molar-refractivity contribution in [3.8, 4) is 11.5 Å². The van der Waals surface area contributed by atoms with Crippen LogP contribution in [0.5, 0.6) is 11.5 Å². The highest BCUT2D eigenvalue weighted by atomic mass is 16.5. The van der Waals surface area contributed by atoms with Crippen molar-refractivity contribution in [1.29, 1.82) is 0 Å². The maximum atomic E-state index is 12.8. The molecule has 0 N–H and O–H groups in total. The number of piperidine rings is 1. The molecule has 5 nitrogen and oxygen atoms in total. The number of furan rings is 1. The van der Waals surface area contributed by atoms with Gasteiger partial charge in [-0.25, -0.2) is 0 Å². The van der Waals surface area contributed by atoms with Crippen molar-refractivity contribution in [2.45, 2.75) is 39.2 Å². The van der Waals surface area contributed by atoms with Crippen molar-refractivity contribution in [1.82, 2.24) is 4.90 Å². The van der Waals surface area contributed by atoms with Gasteiger partial charge in [-0.15, -0.1) is 0 Å². The Balaban J connectivity index is 1.35. The van der Waals surface area contributed by atoms with E-state index < -0.39 is 0 Å². The van der Waals surface area contributed by atoms with Gasteiger partial charge in [-0.2, -0.15) is 0 Å². The summed E-state index contributed by atoms with van der Waals surface area (Å²) < 4.78 is 17.1. The summed E-state index contributed by atoms with van der Waals surface area (Å²) in [6, 6.07) is 12.0. The number of carbonyl (C=O) groups is 1. The van der Waals surface area contributed by atoms with E-state index in [4.69, 9.17) is 13.9 Å². The largest absolute Gasteiger partial charge is 0.497 e. The predicted octanol–water partition coefficient (Wildman–Crippen LogP) is 4.67. The van der Waals surface area contributed by atoms with Crippen LogP contribution in [0.2, 0.25) is 0 Å². The highest BCUT2D eigenvalue weighted by molar-refractivity contribution is 5.88. The summed E-state index contributed by atoms with van der Waals surface area (Å²) >= 11 is 0. The van der Waals surface area contributed by atoms with Crippen molar-refractivity contribution >= 4 is 16.9 Å². The van der Waals surface area contributed by atoms with Crippen molar-refractivity contribution in [3.05, 3.63) is 59.4 Å². The topological polar surface area (TPSA) is 51.9 Å². The molecule has 0 spiro atoms. The summed E-state index contributed by atoms with van der Waals surface area (Å²) in [6.07, 6.45) is 3.88. The Bertz CT molecular complexity index is 1010. The molecule has 1 aliphatic heterocycles. The van der Waals surface area contributed by atoms with Crippen molar-refractivity contribution in [3.63, 3.8) is 0 Å². The van der Waals surface area contributed by atoms with Gasteiger partial charge in [0.1, 0.15) is 23.2 Å². The molecular formula is C24H27NO4. The Hall–Kier alpha value is -2.95. The number of fused-ring (bicyclic) bond motifs is 1. The van der Waals surface area contributed by atoms with Crippen LogP contribution in [0.25, 0.3) is 11.0 Å². The van der Waals surface area contributed by atoms with Gasteiger partial charge in [0.15, 0.2) is 0 Å². The second-order valence-corrected chi connectivity index (χ2v) is 7.77. The average molecular weight is 393 g/mol. The molecule has 3 aromatic rings. The third kappa shape index (κ3) is 4.24. The summed E-state index contributed by atoms with van der Waals surface area (Å²) in [5, 5.41) is 0.965. The van der Waals surface area contributed by atoms with E-state index in [1.807, 2.05) is 23.1 Å². The lowest BCUT2D eigenvalue weighted by Crippen LogP contribution is -2.42. The van der Waals surface area contributed by atoms with Crippen LogP contribution < -0.4 is 9.47 Å². The van der Waals surface area contributed by atoms with Gasteiger partial charge in [0.25, 0.3) is 0 Å². The molecule has 4 rings (SSSR count). The fraction of sp³-hybridized carbons (Fsp3) is 0.375. The van der Waals surface area contributed by atoms with Crippen LogP contribution in [-0.2, 0) is 11.2 Å². The van der Waals surface area contributed by atoms with E-state index >= 15 is 0 Å². The third-order valence-electron chi connectivity index (χ3n) is 5.64. The number of hydrogen-bond acceptors (Lipinski definition) is 4. The number of benzene rings is 2. The number of nitrogens with zero attached hydrogens (tertiary/aromatic N) is 1. The molecule has 0 aliphatic carbocycles. The maximum absolute atomic E-state index is 12.8. The molecule has 0 saturated carbocycles. The quantitative estimate of drug-likeness (QED) is 0.632. The number of amides is 1. The number of aryl methyl sites for hydroxylation is 2. The Labute approximate surface area is 171 Å². The molecule has 29 heavy (non-hydrogen) atoms. The van der Waals surface area contributed by atoms with Crippen molar-refractivity contribution in [2.75, 3.05) is 20.2 Å². The van der Waals surface area contributed by atoms with Crippen LogP contribution in [0, 0.1) is 13.8 Å². The van der Waals surface area contributed by atoms with Crippen LogP contribution >= 0.6 is 0 Å². The first-order chi connectivity index (χ1) is 14.0. The number of ether oxygens (including phenoxy) is 2. The van der Waals surface area contributed by atoms with Crippen LogP contribution in [-0.4, -0.2) is 37.1 Å². The van der Waals surface area contributed by atoms with Gasteiger partial charge in [-0.1, -0.05) is 12.1 Å². The molecule has 1 fully saturated rings. The van der Waals surface area contributed by atoms with Crippen molar-refractivity contribution < 1.29 is 18.7 Å². The zero-order chi connectivity index (χ0) is 20.4. The Kier molecular flexibility index (Phi) is 5.47. The average Bonchev–Trinajstić information content (AvgIpc) is 3.13. The summed E-state index contributed by atoms with van der Waals surface area (Å²) in [4.78, 5) is 14.8. The first kappa shape index (κ1) is 19.4. The zero-order valence-electron chi connectivity index (χ0n) is 17.2. The highest BCUT2D eigenvalue weighted by Crippen LogP contribution is 2.27. The Morgan fingerprint density at radius 3 is 2.69 bits per heavy atom. The van der Waals surface area contributed by atoms with Gasteiger partial charge in [0, 0.05) is 42.9 Å². The molecule has 0 unspecified atom stereocenters. The number of hydrogen-bond donors (Lipinski definition) is 0. The normalized spacial score (nSPS) is 14.9. The van der Waals surface area contributed by atoms with E-state index in [1.54, 1.807) is 13.4 Å². The lowest BCUT2D eigenvalue weighted by Gasteiger charge is -2.32. The van der Waals surface area contributed by atoms with Gasteiger partial charge in [-0.3, -0.25) is 4.79 Å². The minimum absolute atomic E-state index is 0.133. The number of rotatable bonds is 5. The van der Waals surface area contributed by atoms with Gasteiger partial charge in [0.05, 0.1) is 19.8 Å². The monoisotopic (exact) mass is 393 g/mol. The van der Waals surface area contributed by atoms with E-state index in [2.05, 4.69) is 32.0 Å². The van der Waals surface area contributed by atoms with E-state index in [9.17, 15) is 4.79 Å². The predicted molar refractivity (Wildman–Crippen MR) is 113 cm³/mol. The molecular weight excluding hydrogens is 366 g/mol. The molecule has 0 atom stereocenters. The van der Waals surface area contributed by atoms with Crippen LogP contribution in [0.4, 0.5) is 0 Å². The molecule has 2 aromatic carbocycles.